The van der Waals surface area contributed by atoms with E-state index in [4.69, 9.17) is 11.5 Å². The van der Waals surface area contributed by atoms with Crippen LogP contribution in [0, 0.1) is 5.92 Å². The van der Waals surface area contributed by atoms with E-state index in [-0.39, 0.29) is 17.7 Å². The Kier molecular flexibility index (Phi) is 4.61. The van der Waals surface area contributed by atoms with Crippen LogP contribution >= 0.6 is 0 Å². The third-order valence-electron chi connectivity index (χ3n) is 3.78. The average Bonchev–Trinajstić information content (AvgIpc) is 2.46. The van der Waals surface area contributed by atoms with Crippen LogP contribution in [-0.4, -0.2) is 29.8 Å². The Morgan fingerprint density at radius 1 is 1.25 bits per heavy atom. The summed E-state index contributed by atoms with van der Waals surface area (Å²) in [5, 5.41) is 0. The largest absolute Gasteiger partial charge is 0.399 e. The molecular weight excluding hydrogens is 254 g/mol. The van der Waals surface area contributed by atoms with Gasteiger partial charge in [-0.15, -0.1) is 0 Å². The van der Waals surface area contributed by atoms with Gasteiger partial charge in [0.1, 0.15) is 0 Å². The van der Waals surface area contributed by atoms with Crippen molar-refractivity contribution in [2.24, 2.45) is 11.7 Å². The van der Waals surface area contributed by atoms with E-state index in [0.717, 1.165) is 30.6 Å². The van der Waals surface area contributed by atoms with Crippen LogP contribution in [0.15, 0.2) is 24.3 Å². The van der Waals surface area contributed by atoms with Gasteiger partial charge in [-0.3, -0.25) is 9.59 Å². The molecule has 1 unspecified atom stereocenters. The molecule has 20 heavy (non-hydrogen) atoms. The number of aryl methyl sites for hydroxylation is 1. The summed E-state index contributed by atoms with van der Waals surface area (Å²) in [6, 6.07) is 7.55. The van der Waals surface area contributed by atoms with E-state index in [9.17, 15) is 9.59 Å². The van der Waals surface area contributed by atoms with E-state index in [2.05, 4.69) is 0 Å². The molecule has 1 fully saturated rings. The number of likely N-dealkylation sites (tertiary alicyclic amines) is 1. The molecule has 1 aliphatic rings. The summed E-state index contributed by atoms with van der Waals surface area (Å²) in [5.74, 6) is -0.405. The van der Waals surface area contributed by atoms with E-state index >= 15 is 0 Å². The predicted octanol–water partition coefficient (Wildman–Crippen LogP) is 0.925. The maximum atomic E-state index is 12.2. The summed E-state index contributed by atoms with van der Waals surface area (Å²) in [7, 11) is 0. The molecule has 5 heteroatoms. The van der Waals surface area contributed by atoms with Crippen molar-refractivity contribution in [3.05, 3.63) is 29.8 Å². The topological polar surface area (TPSA) is 89.4 Å². The number of nitrogens with zero attached hydrogens (tertiary/aromatic N) is 1. The molecule has 0 aromatic heterocycles. The summed E-state index contributed by atoms with van der Waals surface area (Å²) in [6.07, 6.45) is 2.78. The van der Waals surface area contributed by atoms with Crippen LogP contribution in [-0.2, 0) is 16.0 Å². The number of hydrogen-bond donors (Lipinski definition) is 2. The van der Waals surface area contributed by atoms with E-state index < -0.39 is 0 Å². The monoisotopic (exact) mass is 275 g/mol. The fourth-order valence-corrected chi connectivity index (χ4v) is 2.53. The number of piperidine rings is 1. The zero-order valence-corrected chi connectivity index (χ0v) is 11.5. The lowest BCUT2D eigenvalue weighted by Crippen LogP contribution is -2.44. The van der Waals surface area contributed by atoms with Crippen molar-refractivity contribution in [3.8, 4) is 0 Å². The summed E-state index contributed by atoms with van der Waals surface area (Å²) in [5.41, 5.74) is 12.8. The van der Waals surface area contributed by atoms with Gasteiger partial charge in [0.05, 0.1) is 5.92 Å². The van der Waals surface area contributed by atoms with Crippen molar-refractivity contribution in [2.75, 3.05) is 18.8 Å². The third-order valence-corrected chi connectivity index (χ3v) is 3.78. The first-order chi connectivity index (χ1) is 9.56. The van der Waals surface area contributed by atoms with Crippen LogP contribution < -0.4 is 11.5 Å². The second-order valence-electron chi connectivity index (χ2n) is 5.32. The van der Waals surface area contributed by atoms with Gasteiger partial charge in [0, 0.05) is 25.2 Å². The Bertz CT molecular complexity index is 484. The van der Waals surface area contributed by atoms with Crippen molar-refractivity contribution in [1.29, 1.82) is 0 Å². The summed E-state index contributed by atoms with van der Waals surface area (Å²) < 4.78 is 0. The highest BCUT2D eigenvalue weighted by atomic mass is 16.2. The van der Waals surface area contributed by atoms with E-state index in [1.165, 1.54) is 0 Å². The van der Waals surface area contributed by atoms with Gasteiger partial charge < -0.3 is 16.4 Å². The molecule has 1 saturated heterocycles. The van der Waals surface area contributed by atoms with Gasteiger partial charge in [0.15, 0.2) is 0 Å². The summed E-state index contributed by atoms with van der Waals surface area (Å²) >= 11 is 0. The lowest BCUT2D eigenvalue weighted by atomic mass is 9.97. The highest BCUT2D eigenvalue weighted by Gasteiger charge is 2.26. The molecule has 1 atom stereocenters. The average molecular weight is 275 g/mol. The van der Waals surface area contributed by atoms with Crippen molar-refractivity contribution in [2.45, 2.75) is 25.7 Å². The SMILES string of the molecule is NC(=O)C1CCCN(C(=O)CCc2ccc(N)cc2)C1. The number of amides is 2. The molecule has 2 amide bonds. The van der Waals surface area contributed by atoms with Crippen molar-refractivity contribution >= 4 is 17.5 Å². The fourth-order valence-electron chi connectivity index (χ4n) is 2.53. The van der Waals surface area contributed by atoms with Crippen LogP contribution in [0.4, 0.5) is 5.69 Å². The second-order valence-corrected chi connectivity index (χ2v) is 5.32. The number of carbonyl (C=O) groups excluding carboxylic acids is 2. The minimum Gasteiger partial charge on any atom is -0.399 e. The first-order valence-corrected chi connectivity index (χ1v) is 6.98. The number of nitrogen functional groups attached to an aromatic ring is 1. The molecule has 0 spiro atoms. The molecule has 0 aliphatic carbocycles. The Labute approximate surface area is 118 Å². The highest BCUT2D eigenvalue weighted by Crippen LogP contribution is 2.17. The minimum atomic E-state index is -0.305. The van der Waals surface area contributed by atoms with E-state index in [1.54, 1.807) is 4.90 Å². The molecule has 4 N–H and O–H groups in total. The first-order valence-electron chi connectivity index (χ1n) is 6.98. The number of hydrogen-bond acceptors (Lipinski definition) is 3. The normalized spacial score (nSPS) is 18.8. The Morgan fingerprint density at radius 3 is 2.60 bits per heavy atom. The van der Waals surface area contributed by atoms with Gasteiger partial charge in [-0.1, -0.05) is 12.1 Å². The molecule has 1 aromatic carbocycles. The fraction of sp³-hybridized carbons (Fsp3) is 0.467. The smallest absolute Gasteiger partial charge is 0.222 e. The zero-order valence-electron chi connectivity index (χ0n) is 11.5. The second kappa shape index (κ2) is 6.41. The molecular formula is C15H21N3O2. The van der Waals surface area contributed by atoms with Crippen LogP contribution in [0.5, 0.6) is 0 Å². The van der Waals surface area contributed by atoms with Gasteiger partial charge in [0.2, 0.25) is 11.8 Å². The number of benzene rings is 1. The number of anilines is 1. The van der Waals surface area contributed by atoms with Gasteiger partial charge in [-0.2, -0.15) is 0 Å². The van der Waals surface area contributed by atoms with Crippen LogP contribution in [0.2, 0.25) is 0 Å². The Morgan fingerprint density at radius 2 is 1.95 bits per heavy atom. The predicted molar refractivity (Wildman–Crippen MR) is 77.7 cm³/mol. The Balaban J connectivity index is 1.85. The summed E-state index contributed by atoms with van der Waals surface area (Å²) in [4.78, 5) is 25.1. The van der Waals surface area contributed by atoms with Gasteiger partial charge >= 0.3 is 0 Å². The first kappa shape index (κ1) is 14.4. The van der Waals surface area contributed by atoms with Crippen molar-refractivity contribution in [3.63, 3.8) is 0 Å². The minimum absolute atomic E-state index is 0.0905. The van der Waals surface area contributed by atoms with Gasteiger partial charge in [-0.05, 0) is 37.0 Å². The van der Waals surface area contributed by atoms with Gasteiger partial charge in [0.25, 0.3) is 0 Å². The van der Waals surface area contributed by atoms with Gasteiger partial charge in [-0.25, -0.2) is 0 Å². The van der Waals surface area contributed by atoms with Crippen LogP contribution in [0.3, 0.4) is 0 Å². The van der Waals surface area contributed by atoms with Crippen LogP contribution in [0.1, 0.15) is 24.8 Å². The number of carbonyl (C=O) groups is 2. The number of nitrogens with two attached hydrogens (primary N) is 2. The number of primary amides is 1. The van der Waals surface area contributed by atoms with Crippen molar-refractivity contribution in [1.82, 2.24) is 4.90 Å². The third kappa shape index (κ3) is 3.73. The molecule has 1 aromatic rings. The number of rotatable bonds is 4. The quantitative estimate of drug-likeness (QED) is 0.801. The molecule has 0 radical (unpaired) electrons. The molecule has 1 heterocycles. The van der Waals surface area contributed by atoms with Crippen molar-refractivity contribution < 1.29 is 9.59 Å². The Hall–Kier alpha value is -2.04. The molecule has 5 nitrogen and oxygen atoms in total. The standard InChI is InChI=1S/C15H21N3O2/c16-13-6-3-11(4-7-13)5-8-14(19)18-9-1-2-12(10-18)15(17)20/h3-4,6-7,12H,1-2,5,8-10,16H2,(H2,17,20). The molecule has 108 valence electrons. The molecule has 2 rings (SSSR count). The van der Waals surface area contributed by atoms with Crippen LogP contribution in [0.25, 0.3) is 0 Å². The molecule has 1 aliphatic heterocycles. The van der Waals surface area contributed by atoms with E-state index in [1.807, 2.05) is 24.3 Å². The summed E-state index contributed by atoms with van der Waals surface area (Å²) in [6.45, 7) is 1.19. The lowest BCUT2D eigenvalue weighted by Gasteiger charge is -2.31. The lowest BCUT2D eigenvalue weighted by molar-refractivity contribution is -0.134. The van der Waals surface area contributed by atoms with E-state index in [0.29, 0.717) is 19.4 Å². The zero-order chi connectivity index (χ0) is 14.5. The molecule has 0 saturated carbocycles. The highest BCUT2D eigenvalue weighted by molar-refractivity contribution is 5.80. The molecule has 0 bridgehead atoms. The maximum Gasteiger partial charge on any atom is 0.222 e. The maximum absolute atomic E-state index is 12.2.